The van der Waals surface area contributed by atoms with Crippen molar-refractivity contribution in [1.82, 2.24) is 0 Å². The lowest BCUT2D eigenvalue weighted by atomic mass is 9.94. The summed E-state index contributed by atoms with van der Waals surface area (Å²) in [5, 5.41) is 19.3. The van der Waals surface area contributed by atoms with E-state index in [9.17, 15) is 14.7 Å². The van der Waals surface area contributed by atoms with Gasteiger partial charge in [0.25, 0.3) is 5.91 Å². The molecule has 2 heterocycles. The second-order valence-electron chi connectivity index (χ2n) is 7.62. The van der Waals surface area contributed by atoms with Crippen LogP contribution in [-0.4, -0.2) is 33.0 Å². The van der Waals surface area contributed by atoms with Crippen LogP contribution in [0.25, 0.3) is 0 Å². The molecule has 1 amide bonds. The minimum Gasteiger partial charge on any atom is -0.477 e. The van der Waals surface area contributed by atoms with Crippen molar-refractivity contribution in [2.45, 2.75) is 64.0 Å². The van der Waals surface area contributed by atoms with E-state index in [-0.39, 0.29) is 11.9 Å². The number of hydrogen-bond donors (Lipinski definition) is 2. The number of β-lactam (4-membered cyclic amide) rings is 1. The molecule has 0 aliphatic carbocycles. The van der Waals surface area contributed by atoms with Crippen LogP contribution in [0, 0.1) is 0 Å². The van der Waals surface area contributed by atoms with Crippen LogP contribution < -0.4 is 4.90 Å². The number of rotatable bonds is 11. The molecule has 1 fully saturated rings. The molecule has 0 radical (unpaired) electrons. The highest BCUT2D eigenvalue weighted by Crippen LogP contribution is 2.31. The van der Waals surface area contributed by atoms with Gasteiger partial charge in [0.15, 0.2) is 0 Å². The number of benzene rings is 1. The van der Waals surface area contributed by atoms with Crippen LogP contribution >= 0.6 is 23.6 Å². The van der Waals surface area contributed by atoms with Gasteiger partial charge in [0.05, 0.1) is 12.1 Å². The van der Waals surface area contributed by atoms with Crippen LogP contribution in [0.2, 0.25) is 0 Å². The second-order valence-corrected chi connectivity index (χ2v) is 9.23. The first kappa shape index (κ1) is 22.6. The fourth-order valence-corrected chi connectivity index (χ4v) is 4.93. The van der Waals surface area contributed by atoms with E-state index in [2.05, 4.69) is 6.92 Å². The highest BCUT2D eigenvalue weighted by atomic mass is 32.1. The Morgan fingerprint density at radius 1 is 1.17 bits per heavy atom. The molecule has 0 bridgehead atoms. The second kappa shape index (κ2) is 10.3. The third-order valence-electron chi connectivity index (χ3n) is 5.45. The van der Waals surface area contributed by atoms with Crippen LogP contribution in [0.1, 0.15) is 71.7 Å². The molecule has 5 nitrogen and oxygen atoms in total. The number of nitrogens with zero attached hydrogens (tertiary/aromatic N) is 1. The Balaban J connectivity index is 1.57. The highest BCUT2D eigenvalue weighted by Gasteiger charge is 2.42. The van der Waals surface area contributed by atoms with Crippen molar-refractivity contribution in [3.63, 3.8) is 0 Å². The summed E-state index contributed by atoms with van der Waals surface area (Å²) in [6, 6.07) is 10.9. The Hall–Kier alpha value is -2.09. The molecule has 1 saturated heterocycles. The predicted molar refractivity (Wildman–Crippen MR) is 124 cm³/mol. The Labute approximate surface area is 186 Å². The lowest BCUT2D eigenvalue weighted by Gasteiger charge is -2.41. The molecule has 0 saturated carbocycles. The zero-order valence-electron chi connectivity index (χ0n) is 17.0. The molecular formula is C23H27NO4S2. The molecule has 1 unspecified atom stereocenters. The van der Waals surface area contributed by atoms with Gasteiger partial charge in [-0.1, -0.05) is 50.5 Å². The Kier molecular flexibility index (Phi) is 7.75. The van der Waals surface area contributed by atoms with Gasteiger partial charge in [-0.15, -0.1) is 11.3 Å². The SMILES string of the molecule is CCCCCC(O)c1ccc(N2C(=O)C(=S)[C@@H]2CCCc2ccc(C(=O)O)s2)cc1. The molecule has 160 valence electrons. The first-order valence-electron chi connectivity index (χ1n) is 10.4. The van der Waals surface area contributed by atoms with Crippen LogP contribution in [0.4, 0.5) is 5.69 Å². The molecule has 1 aliphatic heterocycles. The van der Waals surface area contributed by atoms with Crippen molar-refractivity contribution >= 4 is 46.0 Å². The number of unbranched alkanes of at least 4 members (excludes halogenated alkanes) is 2. The van der Waals surface area contributed by atoms with Crippen LogP contribution in [0.5, 0.6) is 0 Å². The molecule has 1 aromatic carbocycles. The molecule has 2 N–H and O–H groups in total. The smallest absolute Gasteiger partial charge is 0.345 e. The number of carboxylic acids is 1. The summed E-state index contributed by atoms with van der Waals surface area (Å²) < 4.78 is 0. The first-order chi connectivity index (χ1) is 14.4. The number of carboxylic acid groups (broad SMARTS) is 1. The van der Waals surface area contributed by atoms with E-state index in [1.807, 2.05) is 30.3 Å². The van der Waals surface area contributed by atoms with E-state index in [0.29, 0.717) is 9.74 Å². The van der Waals surface area contributed by atoms with Gasteiger partial charge < -0.3 is 10.2 Å². The number of aliphatic hydroxyl groups is 1. The van der Waals surface area contributed by atoms with E-state index < -0.39 is 12.1 Å². The standard InChI is InChI=1S/C23H27NO4S2/c1-2-3-4-8-19(25)15-9-11-16(12-10-15)24-18(21(29)22(24)26)7-5-6-17-13-14-20(30-17)23(27)28/h9-14,18-19,25H,2-8H2,1H3,(H,27,28)/t18-,19?/m0/s1. The number of thiocarbonyl (C=S) groups is 1. The Morgan fingerprint density at radius 2 is 1.90 bits per heavy atom. The molecule has 0 spiro atoms. The van der Waals surface area contributed by atoms with Crippen molar-refractivity contribution in [1.29, 1.82) is 0 Å². The summed E-state index contributed by atoms with van der Waals surface area (Å²) in [5.41, 5.74) is 1.67. The van der Waals surface area contributed by atoms with E-state index >= 15 is 0 Å². The summed E-state index contributed by atoms with van der Waals surface area (Å²) >= 11 is 6.58. The molecule has 1 aliphatic rings. The third kappa shape index (κ3) is 5.14. The maximum atomic E-state index is 12.3. The molecule has 2 aromatic rings. The number of carbonyl (C=O) groups is 2. The van der Waals surface area contributed by atoms with Crippen molar-refractivity contribution < 1.29 is 19.8 Å². The van der Waals surface area contributed by atoms with Gasteiger partial charge in [-0.3, -0.25) is 9.69 Å². The Morgan fingerprint density at radius 3 is 2.53 bits per heavy atom. The fraction of sp³-hybridized carbons (Fsp3) is 0.435. The molecule has 30 heavy (non-hydrogen) atoms. The predicted octanol–water partition coefficient (Wildman–Crippen LogP) is 5.17. The number of thiophene rings is 1. The molecular weight excluding hydrogens is 418 g/mol. The summed E-state index contributed by atoms with van der Waals surface area (Å²) in [7, 11) is 0. The summed E-state index contributed by atoms with van der Waals surface area (Å²) in [6.07, 6.45) is 5.83. The molecule has 2 atom stereocenters. The number of aromatic carboxylic acids is 1. The van der Waals surface area contributed by atoms with Crippen molar-refractivity contribution in [3.05, 3.63) is 51.7 Å². The molecule has 1 aromatic heterocycles. The minimum atomic E-state index is -0.901. The normalized spacial score (nSPS) is 17.1. The van der Waals surface area contributed by atoms with Gasteiger partial charge in [-0.25, -0.2) is 4.79 Å². The lowest BCUT2D eigenvalue weighted by molar-refractivity contribution is -0.114. The third-order valence-corrected chi connectivity index (χ3v) is 7.03. The number of hydrogen-bond acceptors (Lipinski definition) is 5. The van der Waals surface area contributed by atoms with Gasteiger partial charge in [-0.2, -0.15) is 0 Å². The fourth-order valence-electron chi connectivity index (χ4n) is 3.72. The lowest BCUT2D eigenvalue weighted by Crippen LogP contribution is -2.61. The number of aliphatic hydroxyl groups excluding tert-OH is 1. The molecule has 3 rings (SSSR count). The van der Waals surface area contributed by atoms with Gasteiger partial charge in [-0.05, 0) is 55.5 Å². The number of carbonyl (C=O) groups excluding carboxylic acids is 1. The Bertz CT molecular complexity index is 906. The van der Waals surface area contributed by atoms with Crippen molar-refractivity contribution in [3.8, 4) is 0 Å². The van der Waals surface area contributed by atoms with Crippen LogP contribution in [0.15, 0.2) is 36.4 Å². The van der Waals surface area contributed by atoms with Crippen LogP contribution in [-0.2, 0) is 11.2 Å². The summed E-state index contributed by atoms with van der Waals surface area (Å²) in [4.78, 5) is 26.9. The quantitative estimate of drug-likeness (QED) is 0.283. The first-order valence-corrected chi connectivity index (χ1v) is 11.6. The molecule has 7 heteroatoms. The average molecular weight is 446 g/mol. The number of anilines is 1. The monoisotopic (exact) mass is 445 g/mol. The largest absolute Gasteiger partial charge is 0.477 e. The number of amides is 1. The van der Waals surface area contributed by atoms with Gasteiger partial charge in [0, 0.05) is 10.6 Å². The minimum absolute atomic E-state index is 0.105. The van der Waals surface area contributed by atoms with E-state index in [4.69, 9.17) is 17.3 Å². The van der Waals surface area contributed by atoms with E-state index in [1.165, 1.54) is 11.3 Å². The van der Waals surface area contributed by atoms with Crippen molar-refractivity contribution in [2.75, 3.05) is 4.90 Å². The zero-order chi connectivity index (χ0) is 21.7. The number of aryl methyl sites for hydroxylation is 1. The van der Waals surface area contributed by atoms with E-state index in [0.717, 1.165) is 61.1 Å². The van der Waals surface area contributed by atoms with E-state index in [1.54, 1.807) is 11.0 Å². The van der Waals surface area contributed by atoms with Gasteiger partial charge >= 0.3 is 5.97 Å². The summed E-state index contributed by atoms with van der Waals surface area (Å²) in [6.45, 7) is 2.14. The maximum absolute atomic E-state index is 12.3. The van der Waals surface area contributed by atoms with Gasteiger partial charge in [0.1, 0.15) is 9.74 Å². The highest BCUT2D eigenvalue weighted by molar-refractivity contribution is 7.82. The zero-order valence-corrected chi connectivity index (χ0v) is 18.7. The van der Waals surface area contributed by atoms with Crippen LogP contribution in [0.3, 0.4) is 0 Å². The van der Waals surface area contributed by atoms with Gasteiger partial charge in [0.2, 0.25) is 0 Å². The average Bonchev–Trinajstić information content (AvgIpc) is 3.22. The van der Waals surface area contributed by atoms with Crippen molar-refractivity contribution in [2.24, 2.45) is 0 Å². The topological polar surface area (TPSA) is 77.8 Å². The maximum Gasteiger partial charge on any atom is 0.345 e. The summed E-state index contributed by atoms with van der Waals surface area (Å²) in [5.74, 6) is -1.03.